The van der Waals surface area contributed by atoms with Crippen LogP contribution in [0.25, 0.3) is 5.69 Å². The summed E-state index contributed by atoms with van der Waals surface area (Å²) in [5.74, 6) is 0. The van der Waals surface area contributed by atoms with Crippen LogP contribution < -0.4 is 0 Å². The van der Waals surface area contributed by atoms with E-state index in [0.717, 1.165) is 21.8 Å². The Balaban J connectivity index is 2.00. The highest BCUT2D eigenvalue weighted by Crippen LogP contribution is 2.26. The van der Waals surface area contributed by atoms with Gasteiger partial charge in [-0.3, -0.25) is 4.99 Å². The largest absolute Gasteiger partial charge is 0.318 e. The molecule has 0 aliphatic carbocycles. The quantitative estimate of drug-likeness (QED) is 0.513. The average Bonchev–Trinajstić information content (AvgIpc) is 2.83. The van der Waals surface area contributed by atoms with Gasteiger partial charge in [0.25, 0.3) is 0 Å². The van der Waals surface area contributed by atoms with Crippen molar-refractivity contribution in [3.05, 3.63) is 81.6 Å². The Bertz CT molecular complexity index is 920. The van der Waals surface area contributed by atoms with Gasteiger partial charge in [0.1, 0.15) is 0 Å². The Morgan fingerprint density at radius 1 is 0.958 bits per heavy atom. The summed E-state index contributed by atoms with van der Waals surface area (Å²) < 4.78 is 2.26. The van der Waals surface area contributed by atoms with E-state index >= 15 is 0 Å². The van der Waals surface area contributed by atoms with E-state index in [2.05, 4.69) is 60.7 Å². The van der Waals surface area contributed by atoms with E-state index in [-0.39, 0.29) is 0 Å². The van der Waals surface area contributed by atoms with Crippen LogP contribution in [0, 0.1) is 27.7 Å². The minimum Gasteiger partial charge on any atom is -0.318 e. The Labute approximate surface area is 148 Å². The van der Waals surface area contributed by atoms with Crippen LogP contribution in [-0.2, 0) is 0 Å². The summed E-state index contributed by atoms with van der Waals surface area (Å²) in [6.07, 6.45) is 1.92. The van der Waals surface area contributed by atoms with Crippen LogP contribution in [0.4, 0.5) is 5.69 Å². The van der Waals surface area contributed by atoms with Crippen molar-refractivity contribution in [1.29, 1.82) is 0 Å². The highest BCUT2D eigenvalue weighted by Gasteiger charge is 2.09. The van der Waals surface area contributed by atoms with E-state index in [4.69, 9.17) is 11.6 Å². The molecule has 0 aliphatic heterocycles. The lowest BCUT2D eigenvalue weighted by atomic mass is 10.2. The molecule has 3 heteroatoms. The van der Waals surface area contributed by atoms with Gasteiger partial charge in [-0.05, 0) is 69.2 Å². The number of hydrogen-bond donors (Lipinski definition) is 0. The van der Waals surface area contributed by atoms with Crippen molar-refractivity contribution < 1.29 is 0 Å². The molecule has 0 radical (unpaired) electrons. The molecule has 0 saturated carbocycles. The van der Waals surface area contributed by atoms with Gasteiger partial charge in [-0.2, -0.15) is 0 Å². The standard InChI is InChI=1S/C21H21ClN2/c1-14-7-5-8-19(11-14)24-15(2)12-18(17(24)4)13-23-21-10-6-9-20(22)16(21)3/h5-13H,1-4H3. The van der Waals surface area contributed by atoms with Gasteiger partial charge in [0.05, 0.1) is 5.69 Å². The summed E-state index contributed by atoms with van der Waals surface area (Å²) >= 11 is 6.17. The van der Waals surface area contributed by atoms with Crippen LogP contribution in [0.15, 0.2) is 53.5 Å². The normalized spacial score (nSPS) is 11.4. The SMILES string of the molecule is Cc1cccc(-n2c(C)cc(C=Nc3cccc(Cl)c3C)c2C)c1. The van der Waals surface area contributed by atoms with Gasteiger partial charge in [0.15, 0.2) is 0 Å². The second-order valence-corrected chi connectivity index (χ2v) is 6.55. The maximum absolute atomic E-state index is 6.17. The topological polar surface area (TPSA) is 17.3 Å². The number of aliphatic imine (C=N–C) groups is 1. The number of aromatic nitrogens is 1. The first-order valence-corrected chi connectivity index (χ1v) is 8.40. The van der Waals surface area contributed by atoms with Gasteiger partial charge in [0, 0.05) is 33.9 Å². The molecule has 0 aliphatic rings. The van der Waals surface area contributed by atoms with Gasteiger partial charge in [-0.25, -0.2) is 0 Å². The zero-order valence-corrected chi connectivity index (χ0v) is 15.2. The van der Waals surface area contributed by atoms with Crippen molar-refractivity contribution in [2.45, 2.75) is 27.7 Å². The first-order valence-electron chi connectivity index (χ1n) is 8.02. The van der Waals surface area contributed by atoms with Gasteiger partial charge in [-0.1, -0.05) is 29.8 Å². The number of nitrogens with zero attached hydrogens (tertiary/aromatic N) is 2. The van der Waals surface area contributed by atoms with E-state index in [9.17, 15) is 0 Å². The molecule has 1 aromatic heterocycles. The van der Waals surface area contributed by atoms with Gasteiger partial charge >= 0.3 is 0 Å². The van der Waals surface area contributed by atoms with Crippen molar-refractivity contribution in [1.82, 2.24) is 4.57 Å². The lowest BCUT2D eigenvalue weighted by Crippen LogP contribution is -1.99. The summed E-state index contributed by atoms with van der Waals surface area (Å²) in [6, 6.07) is 16.5. The predicted octanol–water partition coefficient (Wildman–Crippen LogP) is 6.11. The van der Waals surface area contributed by atoms with Crippen molar-refractivity contribution >= 4 is 23.5 Å². The van der Waals surface area contributed by atoms with Crippen LogP contribution in [0.5, 0.6) is 0 Å². The second kappa shape index (κ2) is 6.66. The smallest absolute Gasteiger partial charge is 0.0673 e. The Morgan fingerprint density at radius 2 is 1.71 bits per heavy atom. The Hall–Kier alpha value is -2.32. The zero-order valence-electron chi connectivity index (χ0n) is 14.5. The van der Waals surface area contributed by atoms with E-state index < -0.39 is 0 Å². The number of benzene rings is 2. The highest BCUT2D eigenvalue weighted by atomic mass is 35.5. The highest BCUT2D eigenvalue weighted by molar-refractivity contribution is 6.31. The second-order valence-electron chi connectivity index (χ2n) is 6.14. The fourth-order valence-electron chi connectivity index (χ4n) is 2.96. The first kappa shape index (κ1) is 16.5. The number of rotatable bonds is 3. The van der Waals surface area contributed by atoms with Crippen molar-refractivity contribution in [3.8, 4) is 5.69 Å². The molecule has 3 aromatic rings. The molecule has 0 unspecified atom stereocenters. The monoisotopic (exact) mass is 336 g/mol. The minimum absolute atomic E-state index is 0.745. The minimum atomic E-state index is 0.745. The van der Waals surface area contributed by atoms with Crippen LogP contribution in [-0.4, -0.2) is 10.8 Å². The summed E-state index contributed by atoms with van der Waals surface area (Å²) in [7, 11) is 0. The van der Waals surface area contributed by atoms with Crippen molar-refractivity contribution in [3.63, 3.8) is 0 Å². The molecule has 122 valence electrons. The molecule has 3 rings (SSSR count). The van der Waals surface area contributed by atoms with E-state index in [1.165, 1.54) is 22.6 Å². The first-order chi connectivity index (χ1) is 11.5. The molecular weight excluding hydrogens is 316 g/mol. The maximum atomic E-state index is 6.17. The summed E-state index contributed by atoms with van der Waals surface area (Å²) in [6.45, 7) is 8.35. The molecule has 0 bridgehead atoms. The third kappa shape index (κ3) is 3.15. The molecule has 0 saturated heterocycles. The van der Waals surface area contributed by atoms with E-state index in [1.54, 1.807) is 0 Å². The van der Waals surface area contributed by atoms with E-state index in [1.807, 2.05) is 31.3 Å². The van der Waals surface area contributed by atoms with Gasteiger partial charge < -0.3 is 4.57 Å². The Kier molecular flexibility index (Phi) is 4.59. The molecule has 2 aromatic carbocycles. The molecule has 0 fully saturated rings. The molecule has 0 spiro atoms. The van der Waals surface area contributed by atoms with Crippen LogP contribution in [0.1, 0.15) is 28.1 Å². The van der Waals surface area contributed by atoms with Crippen LogP contribution >= 0.6 is 11.6 Å². The van der Waals surface area contributed by atoms with Crippen molar-refractivity contribution in [2.75, 3.05) is 0 Å². The van der Waals surface area contributed by atoms with Crippen molar-refractivity contribution in [2.24, 2.45) is 4.99 Å². The maximum Gasteiger partial charge on any atom is 0.0673 e. The summed E-state index contributed by atoms with van der Waals surface area (Å²) in [4.78, 5) is 4.64. The zero-order chi connectivity index (χ0) is 17.3. The third-order valence-electron chi connectivity index (χ3n) is 4.31. The summed E-state index contributed by atoms with van der Waals surface area (Å²) in [5.41, 5.74) is 7.84. The predicted molar refractivity (Wildman–Crippen MR) is 103 cm³/mol. The lowest BCUT2D eigenvalue weighted by Gasteiger charge is -2.10. The molecule has 24 heavy (non-hydrogen) atoms. The number of halogens is 1. The third-order valence-corrected chi connectivity index (χ3v) is 4.72. The van der Waals surface area contributed by atoms with Gasteiger partial charge in [-0.15, -0.1) is 0 Å². The molecular formula is C21H21ClN2. The molecule has 0 N–H and O–H groups in total. The van der Waals surface area contributed by atoms with E-state index in [0.29, 0.717) is 0 Å². The van der Waals surface area contributed by atoms with Gasteiger partial charge in [0.2, 0.25) is 0 Å². The molecule has 0 atom stereocenters. The molecule has 0 amide bonds. The van der Waals surface area contributed by atoms with Crippen LogP contribution in [0.3, 0.4) is 0 Å². The fraction of sp³-hybridized carbons (Fsp3) is 0.190. The number of aryl methyl sites for hydroxylation is 2. The molecule has 1 heterocycles. The molecule has 2 nitrogen and oxygen atoms in total. The summed E-state index contributed by atoms with van der Waals surface area (Å²) in [5, 5.41) is 0.745. The number of hydrogen-bond acceptors (Lipinski definition) is 1. The lowest BCUT2D eigenvalue weighted by molar-refractivity contribution is 0.963. The van der Waals surface area contributed by atoms with Crippen LogP contribution in [0.2, 0.25) is 5.02 Å². The average molecular weight is 337 g/mol. The Morgan fingerprint density at radius 3 is 2.46 bits per heavy atom. The fourth-order valence-corrected chi connectivity index (χ4v) is 3.13.